The lowest BCUT2D eigenvalue weighted by molar-refractivity contribution is 0.574. The molecule has 1 saturated carbocycles. The highest BCUT2D eigenvalue weighted by atomic mass is 32.2. The maximum absolute atomic E-state index is 11.8. The minimum Gasteiger partial charge on any atom is -0.363 e. The Balaban J connectivity index is 2.00. The van der Waals surface area contributed by atoms with Crippen LogP contribution in [0.25, 0.3) is 0 Å². The van der Waals surface area contributed by atoms with E-state index in [0.717, 1.165) is 12.1 Å². The molecule has 90 valence electrons. The summed E-state index contributed by atoms with van der Waals surface area (Å²) in [7, 11) is -3.36. The Morgan fingerprint density at radius 1 is 1.62 bits per heavy atom. The fourth-order valence-corrected chi connectivity index (χ4v) is 2.79. The highest BCUT2D eigenvalue weighted by molar-refractivity contribution is 7.89. The Bertz CT molecular complexity index is 466. The molecule has 0 spiro atoms. The van der Waals surface area contributed by atoms with Crippen molar-refractivity contribution < 1.29 is 8.42 Å². The van der Waals surface area contributed by atoms with Gasteiger partial charge in [-0.05, 0) is 24.3 Å². The molecule has 0 radical (unpaired) electrons. The van der Waals surface area contributed by atoms with E-state index in [1.165, 1.54) is 6.20 Å². The number of nitrogens with one attached hydrogen (secondary N) is 2. The third kappa shape index (κ3) is 2.45. The molecule has 2 unspecified atom stereocenters. The van der Waals surface area contributed by atoms with Crippen LogP contribution in [0.3, 0.4) is 0 Å². The summed E-state index contributed by atoms with van der Waals surface area (Å²) in [5.74, 6) is 1.15. The maximum atomic E-state index is 11.8. The Hall–Kier alpha value is -0.850. The van der Waals surface area contributed by atoms with Gasteiger partial charge in [-0.15, -0.1) is 0 Å². The average molecular weight is 243 g/mol. The van der Waals surface area contributed by atoms with Gasteiger partial charge in [-0.1, -0.05) is 6.92 Å². The molecule has 1 aliphatic carbocycles. The van der Waals surface area contributed by atoms with Crippen molar-refractivity contribution in [1.82, 2.24) is 9.71 Å². The van der Waals surface area contributed by atoms with E-state index in [1.807, 2.05) is 0 Å². The van der Waals surface area contributed by atoms with Crippen LogP contribution in [0.5, 0.6) is 0 Å². The van der Waals surface area contributed by atoms with Crippen LogP contribution in [0.15, 0.2) is 17.2 Å². The highest BCUT2D eigenvalue weighted by Crippen LogP contribution is 2.37. The van der Waals surface area contributed by atoms with E-state index in [1.54, 1.807) is 6.07 Å². The van der Waals surface area contributed by atoms with Crippen molar-refractivity contribution in [2.24, 2.45) is 17.6 Å². The predicted molar refractivity (Wildman–Crippen MR) is 61.1 cm³/mol. The Morgan fingerprint density at radius 3 is 2.81 bits per heavy atom. The lowest BCUT2D eigenvalue weighted by Crippen LogP contribution is -2.25. The largest absolute Gasteiger partial charge is 0.363 e. The molecule has 4 N–H and O–H groups in total. The van der Waals surface area contributed by atoms with Crippen molar-refractivity contribution in [3.05, 3.63) is 18.0 Å². The number of nitrogens with two attached hydrogens (primary N) is 1. The van der Waals surface area contributed by atoms with Gasteiger partial charge in [0.05, 0.1) is 4.90 Å². The van der Waals surface area contributed by atoms with Crippen molar-refractivity contribution in [1.29, 1.82) is 0 Å². The molecule has 0 saturated heterocycles. The predicted octanol–water partition coefficient (Wildman–Crippen LogP) is 0.408. The fourth-order valence-electron chi connectivity index (χ4n) is 1.68. The molecular formula is C10H17N3O2S. The number of H-pyrrole nitrogens is 1. The van der Waals surface area contributed by atoms with Crippen LogP contribution >= 0.6 is 0 Å². The van der Waals surface area contributed by atoms with E-state index in [-0.39, 0.29) is 4.90 Å². The smallest absolute Gasteiger partial charge is 0.242 e. The van der Waals surface area contributed by atoms with Crippen molar-refractivity contribution in [3.8, 4) is 0 Å². The number of rotatable bonds is 5. The normalized spacial score (nSPS) is 24.6. The maximum Gasteiger partial charge on any atom is 0.242 e. The first-order valence-electron chi connectivity index (χ1n) is 5.40. The van der Waals surface area contributed by atoms with Gasteiger partial charge in [0.25, 0.3) is 0 Å². The van der Waals surface area contributed by atoms with E-state index in [2.05, 4.69) is 16.6 Å². The highest BCUT2D eigenvalue weighted by Gasteiger charge is 2.33. The summed E-state index contributed by atoms with van der Waals surface area (Å²) in [6.07, 6.45) is 2.59. The van der Waals surface area contributed by atoms with E-state index in [4.69, 9.17) is 5.73 Å². The van der Waals surface area contributed by atoms with Gasteiger partial charge in [-0.3, -0.25) is 0 Å². The fraction of sp³-hybridized carbons (Fsp3) is 0.600. The molecule has 1 aromatic rings. The number of aromatic nitrogens is 1. The summed E-state index contributed by atoms with van der Waals surface area (Å²) >= 11 is 0. The van der Waals surface area contributed by atoms with Gasteiger partial charge in [0, 0.05) is 25.0 Å². The summed E-state index contributed by atoms with van der Waals surface area (Å²) in [5, 5.41) is 0. The molecule has 1 aromatic heterocycles. The molecule has 1 heterocycles. The summed E-state index contributed by atoms with van der Waals surface area (Å²) < 4.78 is 26.3. The van der Waals surface area contributed by atoms with Crippen molar-refractivity contribution in [2.75, 3.05) is 6.54 Å². The Labute approximate surface area is 95.5 Å². The molecule has 0 bridgehead atoms. The summed E-state index contributed by atoms with van der Waals surface area (Å²) in [5.41, 5.74) is 6.13. The first-order valence-corrected chi connectivity index (χ1v) is 6.88. The number of hydrogen-bond donors (Lipinski definition) is 3. The number of sulfonamides is 1. The molecule has 1 aliphatic rings. The van der Waals surface area contributed by atoms with Crippen LogP contribution < -0.4 is 10.5 Å². The zero-order valence-corrected chi connectivity index (χ0v) is 10.0. The lowest BCUT2D eigenvalue weighted by atomic mass is 10.3. The quantitative estimate of drug-likeness (QED) is 0.699. The molecular weight excluding hydrogens is 226 g/mol. The van der Waals surface area contributed by atoms with Crippen LogP contribution in [0.4, 0.5) is 0 Å². The first kappa shape index (κ1) is 11.6. The molecule has 0 aromatic carbocycles. The molecule has 2 rings (SSSR count). The monoisotopic (exact) mass is 243 g/mol. The zero-order chi connectivity index (χ0) is 11.8. The van der Waals surface area contributed by atoms with Gasteiger partial charge in [-0.2, -0.15) is 0 Å². The van der Waals surface area contributed by atoms with Crippen LogP contribution in [0.2, 0.25) is 0 Å². The zero-order valence-electron chi connectivity index (χ0n) is 9.23. The van der Waals surface area contributed by atoms with Gasteiger partial charge in [0.1, 0.15) is 0 Å². The summed E-state index contributed by atoms with van der Waals surface area (Å²) in [6, 6.07) is 1.57. The van der Waals surface area contributed by atoms with Gasteiger partial charge >= 0.3 is 0 Å². The van der Waals surface area contributed by atoms with Gasteiger partial charge in [-0.25, -0.2) is 13.1 Å². The van der Waals surface area contributed by atoms with Gasteiger partial charge in [0.15, 0.2) is 0 Å². The third-order valence-corrected chi connectivity index (χ3v) is 4.46. The van der Waals surface area contributed by atoms with Gasteiger partial charge in [0.2, 0.25) is 10.0 Å². The Morgan fingerprint density at radius 2 is 2.31 bits per heavy atom. The lowest BCUT2D eigenvalue weighted by Gasteiger charge is -2.03. The van der Waals surface area contributed by atoms with E-state index in [0.29, 0.717) is 24.9 Å². The second-order valence-corrected chi connectivity index (χ2v) is 6.16. The standard InChI is InChI=1S/C10H17N3O2S/c1-7-2-8(7)5-13-16(14,15)10-3-9(4-11)12-6-10/h3,6-8,12-13H,2,4-5,11H2,1H3. The van der Waals surface area contributed by atoms with E-state index < -0.39 is 10.0 Å². The second-order valence-electron chi connectivity index (χ2n) is 4.39. The second kappa shape index (κ2) is 4.20. The topological polar surface area (TPSA) is 88.0 Å². The van der Waals surface area contributed by atoms with Crippen LogP contribution in [0, 0.1) is 11.8 Å². The molecule has 5 nitrogen and oxygen atoms in total. The first-order chi connectivity index (χ1) is 7.53. The molecule has 2 atom stereocenters. The van der Waals surface area contributed by atoms with Crippen molar-refractivity contribution in [3.63, 3.8) is 0 Å². The molecule has 16 heavy (non-hydrogen) atoms. The number of aromatic amines is 1. The van der Waals surface area contributed by atoms with Gasteiger partial charge < -0.3 is 10.7 Å². The van der Waals surface area contributed by atoms with Crippen LogP contribution in [-0.2, 0) is 16.6 Å². The summed E-state index contributed by atoms with van der Waals surface area (Å²) in [6.45, 7) is 2.98. The van der Waals surface area contributed by atoms with Crippen molar-refractivity contribution >= 4 is 10.0 Å². The Kier molecular flexibility index (Phi) is 3.05. The van der Waals surface area contributed by atoms with Crippen LogP contribution in [-0.4, -0.2) is 19.9 Å². The van der Waals surface area contributed by atoms with E-state index in [9.17, 15) is 8.42 Å². The van der Waals surface area contributed by atoms with Crippen LogP contribution in [0.1, 0.15) is 19.0 Å². The van der Waals surface area contributed by atoms with Crippen molar-refractivity contribution in [2.45, 2.75) is 24.8 Å². The number of hydrogen-bond acceptors (Lipinski definition) is 3. The minimum atomic E-state index is -3.36. The third-order valence-electron chi connectivity index (χ3n) is 3.06. The summed E-state index contributed by atoms with van der Waals surface area (Å²) in [4.78, 5) is 3.09. The van der Waals surface area contributed by atoms with E-state index >= 15 is 0 Å². The molecule has 0 aliphatic heterocycles. The molecule has 6 heteroatoms. The minimum absolute atomic E-state index is 0.265. The SMILES string of the molecule is CC1CC1CNS(=O)(=O)c1c[nH]c(CN)c1. The average Bonchev–Trinajstić information content (AvgIpc) is 2.78. The molecule has 1 fully saturated rings. The molecule has 0 amide bonds.